The van der Waals surface area contributed by atoms with Gasteiger partial charge in [-0.3, -0.25) is 15.8 Å². The molecule has 1 aromatic heterocycles. The molecule has 2 saturated heterocycles. The van der Waals surface area contributed by atoms with Crippen molar-refractivity contribution < 1.29 is 4.74 Å². The van der Waals surface area contributed by atoms with Crippen LogP contribution < -0.4 is 15.6 Å². The molecule has 3 rings (SSSR count). The highest BCUT2D eigenvalue weighted by molar-refractivity contribution is 5.07. The Morgan fingerprint density at radius 2 is 2.19 bits per heavy atom. The quantitative estimate of drug-likeness (QED) is 0.856. The van der Waals surface area contributed by atoms with Gasteiger partial charge in [-0.25, -0.2) is 9.97 Å². The van der Waals surface area contributed by atoms with Crippen LogP contribution >= 0.6 is 0 Å². The van der Waals surface area contributed by atoms with Gasteiger partial charge in [-0.05, 0) is 31.2 Å². The predicted octanol–water partition coefficient (Wildman–Crippen LogP) is 0.810. The van der Waals surface area contributed by atoms with E-state index in [1.807, 2.05) is 12.4 Å². The van der Waals surface area contributed by atoms with E-state index in [1.165, 1.54) is 12.8 Å². The second-order valence-electron chi connectivity index (χ2n) is 6.24. The van der Waals surface area contributed by atoms with Crippen LogP contribution in [0.25, 0.3) is 0 Å². The van der Waals surface area contributed by atoms with Crippen molar-refractivity contribution in [1.82, 2.24) is 25.7 Å². The van der Waals surface area contributed by atoms with Gasteiger partial charge in [0.15, 0.2) is 0 Å². The zero-order valence-corrected chi connectivity index (χ0v) is 12.9. The average molecular weight is 291 g/mol. The highest BCUT2D eigenvalue weighted by Gasteiger charge is 2.33. The number of hydrogen-bond acceptors (Lipinski definition) is 6. The van der Waals surface area contributed by atoms with Crippen molar-refractivity contribution in [3.63, 3.8) is 0 Å². The van der Waals surface area contributed by atoms with E-state index < -0.39 is 0 Å². The Morgan fingerprint density at radius 1 is 1.38 bits per heavy atom. The van der Waals surface area contributed by atoms with E-state index in [2.05, 4.69) is 32.6 Å². The van der Waals surface area contributed by atoms with Gasteiger partial charge in [0.2, 0.25) is 0 Å². The van der Waals surface area contributed by atoms with Gasteiger partial charge in [0, 0.05) is 43.6 Å². The number of aromatic nitrogens is 2. The fraction of sp³-hybridized carbons (Fsp3) is 0.733. The first-order chi connectivity index (χ1) is 10.3. The standard InChI is InChI=1S/C15H25N5O/c1-11-6-18-19-14(11)13-4-3-5-20(10-13)9-12-7-16-15(21-2)17-8-12/h7-8,11,13-14,18-19H,3-6,9-10H2,1-2H3. The minimum Gasteiger partial charge on any atom is -0.467 e. The Kier molecular flexibility index (Phi) is 4.67. The Labute approximate surface area is 126 Å². The van der Waals surface area contributed by atoms with Crippen LogP contribution in [0.15, 0.2) is 12.4 Å². The molecular formula is C15H25N5O. The molecule has 6 heteroatoms. The van der Waals surface area contributed by atoms with E-state index in [-0.39, 0.29) is 0 Å². The molecular weight excluding hydrogens is 266 g/mol. The summed E-state index contributed by atoms with van der Waals surface area (Å²) in [4.78, 5) is 10.9. The van der Waals surface area contributed by atoms with E-state index in [0.717, 1.165) is 37.7 Å². The maximum absolute atomic E-state index is 5.00. The minimum absolute atomic E-state index is 0.435. The smallest absolute Gasteiger partial charge is 0.316 e. The minimum atomic E-state index is 0.435. The van der Waals surface area contributed by atoms with Crippen molar-refractivity contribution in [2.75, 3.05) is 26.7 Å². The molecule has 3 unspecified atom stereocenters. The normalized spacial score (nSPS) is 30.5. The topological polar surface area (TPSA) is 62.3 Å². The molecule has 2 aliphatic heterocycles. The van der Waals surface area contributed by atoms with Crippen LogP contribution in [0, 0.1) is 11.8 Å². The number of piperidine rings is 1. The van der Waals surface area contributed by atoms with E-state index in [9.17, 15) is 0 Å². The molecule has 1 aromatic rings. The van der Waals surface area contributed by atoms with E-state index >= 15 is 0 Å². The fourth-order valence-electron chi connectivity index (χ4n) is 3.51. The van der Waals surface area contributed by atoms with Crippen molar-refractivity contribution in [3.8, 4) is 6.01 Å². The Balaban J connectivity index is 1.57. The summed E-state index contributed by atoms with van der Waals surface area (Å²) in [7, 11) is 1.59. The van der Waals surface area contributed by atoms with Crippen LogP contribution in [0.1, 0.15) is 25.3 Å². The SMILES string of the molecule is COc1ncc(CN2CCCC(C3NNCC3C)C2)cn1. The number of methoxy groups -OCH3 is 1. The van der Waals surface area contributed by atoms with Gasteiger partial charge in [0.25, 0.3) is 0 Å². The molecule has 3 atom stereocenters. The molecule has 0 aromatic carbocycles. The molecule has 0 saturated carbocycles. The zero-order valence-electron chi connectivity index (χ0n) is 12.9. The summed E-state index contributed by atoms with van der Waals surface area (Å²) in [5.74, 6) is 1.43. The largest absolute Gasteiger partial charge is 0.467 e. The number of nitrogens with zero attached hydrogens (tertiary/aromatic N) is 3. The Hall–Kier alpha value is -1.24. The summed E-state index contributed by atoms with van der Waals surface area (Å²) in [6.45, 7) is 6.64. The molecule has 0 bridgehead atoms. The highest BCUT2D eigenvalue weighted by Crippen LogP contribution is 2.26. The third-order valence-corrected chi connectivity index (χ3v) is 4.63. The van der Waals surface area contributed by atoms with Crippen molar-refractivity contribution in [3.05, 3.63) is 18.0 Å². The number of rotatable bonds is 4. The van der Waals surface area contributed by atoms with Crippen LogP contribution in [0.2, 0.25) is 0 Å². The Morgan fingerprint density at radius 3 is 2.86 bits per heavy atom. The van der Waals surface area contributed by atoms with Gasteiger partial charge >= 0.3 is 6.01 Å². The maximum Gasteiger partial charge on any atom is 0.316 e. The molecule has 21 heavy (non-hydrogen) atoms. The molecule has 2 N–H and O–H groups in total. The second kappa shape index (κ2) is 6.68. The van der Waals surface area contributed by atoms with Gasteiger partial charge in [0.05, 0.1) is 7.11 Å². The lowest BCUT2D eigenvalue weighted by molar-refractivity contribution is 0.134. The third kappa shape index (κ3) is 3.51. The van der Waals surface area contributed by atoms with Crippen LogP contribution in [-0.2, 0) is 6.54 Å². The first-order valence-corrected chi connectivity index (χ1v) is 7.82. The van der Waals surface area contributed by atoms with Crippen molar-refractivity contribution in [1.29, 1.82) is 0 Å². The summed E-state index contributed by atoms with van der Waals surface area (Å²) >= 11 is 0. The van der Waals surface area contributed by atoms with Crippen LogP contribution in [-0.4, -0.2) is 47.7 Å². The fourth-order valence-corrected chi connectivity index (χ4v) is 3.51. The Bertz CT molecular complexity index is 452. The second-order valence-corrected chi connectivity index (χ2v) is 6.24. The van der Waals surface area contributed by atoms with Crippen LogP contribution in [0.4, 0.5) is 0 Å². The molecule has 3 heterocycles. The summed E-state index contributed by atoms with van der Waals surface area (Å²) in [6, 6.07) is 1.03. The van der Waals surface area contributed by atoms with Crippen molar-refractivity contribution in [2.24, 2.45) is 11.8 Å². The van der Waals surface area contributed by atoms with Gasteiger partial charge in [-0.2, -0.15) is 0 Å². The van der Waals surface area contributed by atoms with Gasteiger partial charge in [0.1, 0.15) is 0 Å². The predicted molar refractivity (Wildman–Crippen MR) is 80.7 cm³/mol. The molecule has 2 fully saturated rings. The number of hydrogen-bond donors (Lipinski definition) is 2. The highest BCUT2D eigenvalue weighted by atomic mass is 16.5. The average Bonchev–Trinajstić information content (AvgIpc) is 2.94. The lowest BCUT2D eigenvalue weighted by atomic mass is 9.85. The number of nitrogens with one attached hydrogen (secondary N) is 2. The summed E-state index contributed by atoms with van der Waals surface area (Å²) in [5, 5.41) is 0. The molecule has 0 amide bonds. The molecule has 0 radical (unpaired) electrons. The summed E-state index contributed by atoms with van der Waals surface area (Å²) < 4.78 is 5.00. The van der Waals surface area contributed by atoms with Crippen LogP contribution in [0.5, 0.6) is 6.01 Å². The first-order valence-electron chi connectivity index (χ1n) is 7.82. The van der Waals surface area contributed by atoms with Gasteiger partial charge < -0.3 is 4.74 Å². The van der Waals surface area contributed by atoms with Crippen LogP contribution in [0.3, 0.4) is 0 Å². The van der Waals surface area contributed by atoms with E-state index in [0.29, 0.717) is 18.0 Å². The van der Waals surface area contributed by atoms with Crippen molar-refractivity contribution >= 4 is 0 Å². The van der Waals surface area contributed by atoms with Crippen molar-refractivity contribution in [2.45, 2.75) is 32.4 Å². The lowest BCUT2D eigenvalue weighted by Gasteiger charge is -2.36. The number of ether oxygens (including phenoxy) is 1. The maximum atomic E-state index is 5.00. The zero-order chi connectivity index (χ0) is 14.7. The van der Waals surface area contributed by atoms with Gasteiger partial charge in [-0.15, -0.1) is 0 Å². The first kappa shape index (κ1) is 14.7. The molecule has 0 aliphatic carbocycles. The van der Waals surface area contributed by atoms with E-state index in [4.69, 9.17) is 4.74 Å². The van der Waals surface area contributed by atoms with E-state index in [1.54, 1.807) is 7.11 Å². The number of likely N-dealkylation sites (tertiary alicyclic amines) is 1. The monoisotopic (exact) mass is 291 g/mol. The molecule has 6 nitrogen and oxygen atoms in total. The lowest BCUT2D eigenvalue weighted by Crippen LogP contribution is -2.46. The summed E-state index contributed by atoms with van der Waals surface area (Å²) in [6.07, 6.45) is 6.33. The molecule has 116 valence electrons. The molecule has 0 spiro atoms. The van der Waals surface area contributed by atoms with Gasteiger partial charge in [-0.1, -0.05) is 6.92 Å². The summed E-state index contributed by atoms with van der Waals surface area (Å²) in [5.41, 5.74) is 7.91. The third-order valence-electron chi connectivity index (χ3n) is 4.63. The number of hydrazine groups is 1. The molecule has 2 aliphatic rings.